The Morgan fingerprint density at radius 3 is 2.28 bits per heavy atom. The number of carboxylic acids is 1. The third-order valence-electron chi connectivity index (χ3n) is 3.94. The number of hydrogen-bond donors (Lipinski definition) is 2. The maximum atomic E-state index is 10.8. The maximum absolute atomic E-state index is 10.8. The van der Waals surface area contributed by atoms with Crippen LogP contribution in [0, 0.1) is 0 Å². The van der Waals surface area contributed by atoms with E-state index in [4.69, 9.17) is 44.6 Å². The Labute approximate surface area is 182 Å². The van der Waals surface area contributed by atoms with Gasteiger partial charge in [-0.05, 0) is 66.2 Å². The maximum Gasteiger partial charge on any atom is 0.335 e. The number of carboxylic acid groups (broad SMARTS) is 1. The predicted octanol–water partition coefficient (Wildman–Crippen LogP) is 6.37. The highest BCUT2D eigenvalue weighted by atomic mass is 35.5. The first-order valence-electron chi connectivity index (χ1n) is 8.41. The Kier molecular flexibility index (Phi) is 6.99. The number of aromatic carboxylic acids is 1. The number of rotatable bonds is 7. The number of hydrazone groups is 1. The lowest BCUT2D eigenvalue weighted by Crippen LogP contribution is -1.98. The number of anilines is 1. The van der Waals surface area contributed by atoms with Crippen molar-refractivity contribution in [3.63, 3.8) is 0 Å². The van der Waals surface area contributed by atoms with Gasteiger partial charge in [-0.3, -0.25) is 5.43 Å². The van der Waals surface area contributed by atoms with Gasteiger partial charge in [-0.25, -0.2) is 4.79 Å². The van der Waals surface area contributed by atoms with Crippen molar-refractivity contribution < 1.29 is 14.6 Å². The lowest BCUT2D eigenvalue weighted by atomic mass is 10.2. The number of benzene rings is 3. The Balaban J connectivity index is 1.57. The normalized spacial score (nSPS) is 10.9. The molecule has 2 N–H and O–H groups in total. The topological polar surface area (TPSA) is 70.9 Å². The summed E-state index contributed by atoms with van der Waals surface area (Å²) in [5.74, 6) is -0.325. The molecule has 0 unspecified atom stereocenters. The number of ether oxygens (including phenoxy) is 1. The van der Waals surface area contributed by atoms with Gasteiger partial charge in [0.05, 0.1) is 27.5 Å². The van der Waals surface area contributed by atoms with Crippen LogP contribution in [0.25, 0.3) is 0 Å². The minimum absolute atomic E-state index is 0.194. The van der Waals surface area contributed by atoms with Crippen LogP contribution in [-0.4, -0.2) is 17.3 Å². The van der Waals surface area contributed by atoms with Crippen LogP contribution in [0.1, 0.15) is 21.5 Å². The molecule has 0 heterocycles. The van der Waals surface area contributed by atoms with Crippen molar-refractivity contribution in [3.8, 4) is 5.75 Å². The molecule has 0 aliphatic heterocycles. The first-order valence-corrected chi connectivity index (χ1v) is 9.55. The molecule has 0 radical (unpaired) electrons. The highest BCUT2D eigenvalue weighted by molar-refractivity contribution is 6.44. The molecule has 0 amide bonds. The molecular formula is C21H15Cl3N2O3. The fourth-order valence-electron chi connectivity index (χ4n) is 2.38. The van der Waals surface area contributed by atoms with E-state index >= 15 is 0 Å². The summed E-state index contributed by atoms with van der Waals surface area (Å²) in [6.45, 7) is 0.194. The Morgan fingerprint density at radius 2 is 1.62 bits per heavy atom. The fraction of sp³-hybridized carbons (Fsp3) is 0.0476. The number of halogens is 3. The van der Waals surface area contributed by atoms with Crippen LogP contribution in [0.2, 0.25) is 15.1 Å². The highest BCUT2D eigenvalue weighted by Crippen LogP contribution is 2.32. The molecule has 8 heteroatoms. The molecule has 0 fully saturated rings. The van der Waals surface area contributed by atoms with Crippen molar-refractivity contribution in [3.05, 3.63) is 92.4 Å². The van der Waals surface area contributed by atoms with Gasteiger partial charge in [0.2, 0.25) is 0 Å². The van der Waals surface area contributed by atoms with Crippen LogP contribution >= 0.6 is 34.8 Å². The molecule has 3 aromatic rings. The summed E-state index contributed by atoms with van der Waals surface area (Å²) < 4.78 is 5.73. The second-order valence-electron chi connectivity index (χ2n) is 5.93. The van der Waals surface area contributed by atoms with Crippen LogP contribution in [0.5, 0.6) is 5.75 Å². The number of nitrogens with zero attached hydrogens (tertiary/aromatic N) is 1. The van der Waals surface area contributed by atoms with Crippen molar-refractivity contribution in [2.75, 3.05) is 5.43 Å². The minimum atomic E-state index is -0.970. The molecule has 0 aliphatic carbocycles. The number of hydrogen-bond acceptors (Lipinski definition) is 4. The third kappa shape index (κ3) is 5.64. The molecule has 5 nitrogen and oxygen atoms in total. The van der Waals surface area contributed by atoms with Gasteiger partial charge in [0.25, 0.3) is 0 Å². The summed E-state index contributed by atoms with van der Waals surface area (Å²) in [5.41, 5.74) is 5.22. The standard InChI is InChI=1S/C21H15Cl3N2O3/c22-18-9-10-19(23)20(24)17(18)12-29-16-7-1-13(2-8-16)11-25-26-15-5-3-14(4-6-15)21(27)28/h1-11,26H,12H2,(H,27,28)/b25-11+. The van der Waals surface area contributed by atoms with E-state index in [9.17, 15) is 4.79 Å². The lowest BCUT2D eigenvalue weighted by molar-refractivity contribution is 0.0697. The van der Waals surface area contributed by atoms with Crippen LogP contribution in [-0.2, 0) is 6.61 Å². The SMILES string of the molecule is O=C(O)c1ccc(N/N=C/c2ccc(OCc3c(Cl)ccc(Cl)c3Cl)cc2)cc1. The van der Waals surface area contributed by atoms with E-state index < -0.39 is 5.97 Å². The van der Waals surface area contributed by atoms with Crippen LogP contribution in [0.4, 0.5) is 5.69 Å². The van der Waals surface area contributed by atoms with Crippen LogP contribution < -0.4 is 10.2 Å². The van der Waals surface area contributed by atoms with Crippen molar-refractivity contribution in [1.82, 2.24) is 0 Å². The zero-order chi connectivity index (χ0) is 20.8. The van der Waals surface area contributed by atoms with Gasteiger partial charge >= 0.3 is 5.97 Å². The van der Waals surface area contributed by atoms with Gasteiger partial charge in [-0.1, -0.05) is 34.8 Å². The highest BCUT2D eigenvalue weighted by Gasteiger charge is 2.10. The van der Waals surface area contributed by atoms with Gasteiger partial charge in [-0.15, -0.1) is 0 Å². The molecule has 3 rings (SSSR count). The van der Waals surface area contributed by atoms with E-state index in [1.807, 2.05) is 12.1 Å². The van der Waals surface area contributed by atoms with E-state index in [0.29, 0.717) is 32.1 Å². The molecule has 148 valence electrons. The Morgan fingerprint density at radius 1 is 0.966 bits per heavy atom. The van der Waals surface area contributed by atoms with E-state index in [1.54, 1.807) is 42.6 Å². The number of nitrogens with one attached hydrogen (secondary N) is 1. The van der Waals surface area contributed by atoms with Gasteiger partial charge in [0.15, 0.2) is 0 Å². The second-order valence-corrected chi connectivity index (χ2v) is 7.12. The molecule has 3 aromatic carbocycles. The molecule has 0 saturated heterocycles. The van der Waals surface area contributed by atoms with Crippen molar-refractivity contribution in [2.45, 2.75) is 6.61 Å². The van der Waals surface area contributed by atoms with E-state index in [-0.39, 0.29) is 12.2 Å². The summed E-state index contributed by atoms with van der Waals surface area (Å²) in [5, 5.41) is 14.3. The minimum Gasteiger partial charge on any atom is -0.489 e. The van der Waals surface area contributed by atoms with Gasteiger partial charge < -0.3 is 9.84 Å². The van der Waals surface area contributed by atoms with E-state index in [0.717, 1.165) is 5.56 Å². The zero-order valence-corrected chi connectivity index (χ0v) is 17.2. The largest absolute Gasteiger partial charge is 0.489 e. The molecule has 0 atom stereocenters. The van der Waals surface area contributed by atoms with Crippen LogP contribution in [0.15, 0.2) is 65.8 Å². The summed E-state index contributed by atoms with van der Waals surface area (Å²) in [4.78, 5) is 10.8. The van der Waals surface area contributed by atoms with Crippen molar-refractivity contribution >= 4 is 52.7 Å². The average molecular weight is 450 g/mol. The third-order valence-corrected chi connectivity index (χ3v) is 5.14. The van der Waals surface area contributed by atoms with Crippen LogP contribution in [0.3, 0.4) is 0 Å². The summed E-state index contributed by atoms with van der Waals surface area (Å²) >= 11 is 18.3. The van der Waals surface area contributed by atoms with Gasteiger partial charge in [-0.2, -0.15) is 5.10 Å². The zero-order valence-electron chi connectivity index (χ0n) is 14.9. The molecule has 0 aliphatic rings. The molecule has 0 bridgehead atoms. The van der Waals surface area contributed by atoms with E-state index in [2.05, 4.69) is 10.5 Å². The molecule has 0 spiro atoms. The molecule has 0 aromatic heterocycles. The first kappa shape index (κ1) is 21.0. The summed E-state index contributed by atoms with van der Waals surface area (Å²) in [7, 11) is 0. The fourth-order valence-corrected chi connectivity index (χ4v) is 3.03. The second kappa shape index (κ2) is 9.65. The smallest absolute Gasteiger partial charge is 0.335 e. The molecule has 29 heavy (non-hydrogen) atoms. The summed E-state index contributed by atoms with van der Waals surface area (Å²) in [6, 6.07) is 16.9. The van der Waals surface area contributed by atoms with Crippen molar-refractivity contribution in [1.29, 1.82) is 0 Å². The Hall–Kier alpha value is -2.73. The quantitative estimate of drug-likeness (QED) is 0.250. The molecule has 0 saturated carbocycles. The lowest BCUT2D eigenvalue weighted by Gasteiger charge is -2.10. The predicted molar refractivity (Wildman–Crippen MR) is 117 cm³/mol. The van der Waals surface area contributed by atoms with E-state index in [1.165, 1.54) is 12.1 Å². The Bertz CT molecular complexity index is 1040. The average Bonchev–Trinajstić information content (AvgIpc) is 2.72. The van der Waals surface area contributed by atoms with Gasteiger partial charge in [0.1, 0.15) is 12.4 Å². The number of carbonyl (C=O) groups is 1. The first-order chi connectivity index (χ1) is 13.9. The van der Waals surface area contributed by atoms with Gasteiger partial charge in [0, 0.05) is 10.6 Å². The monoisotopic (exact) mass is 448 g/mol. The molecular weight excluding hydrogens is 435 g/mol. The van der Waals surface area contributed by atoms with Crippen molar-refractivity contribution in [2.24, 2.45) is 5.10 Å². The summed E-state index contributed by atoms with van der Waals surface area (Å²) in [6.07, 6.45) is 1.64.